The molecule has 0 fully saturated rings. The second kappa shape index (κ2) is 63.4. The molecule has 0 aliphatic heterocycles. The van der Waals surface area contributed by atoms with Crippen molar-refractivity contribution in [3.8, 4) is 0 Å². The number of hydrogen-bond donors (Lipinski definition) is 0. The molecule has 0 rings (SSSR count). The molecule has 6 nitrogen and oxygen atoms in total. The van der Waals surface area contributed by atoms with Crippen LogP contribution in [-0.4, -0.2) is 37.2 Å². The lowest BCUT2D eigenvalue weighted by Gasteiger charge is -2.18. The molecule has 0 aromatic heterocycles. The molecule has 0 bridgehead atoms. The van der Waals surface area contributed by atoms with Crippen LogP contribution in [-0.2, 0) is 28.6 Å². The van der Waals surface area contributed by atoms with Crippen LogP contribution in [0.25, 0.3) is 0 Å². The molecule has 0 aromatic rings. The van der Waals surface area contributed by atoms with Crippen LogP contribution in [0.15, 0.2) is 72.9 Å². The van der Waals surface area contributed by atoms with Crippen molar-refractivity contribution in [3.63, 3.8) is 0 Å². The first kappa shape index (κ1) is 71.8. The summed E-state index contributed by atoms with van der Waals surface area (Å²) in [6.45, 7) is 6.49. The lowest BCUT2D eigenvalue weighted by Crippen LogP contribution is -2.30. The van der Waals surface area contributed by atoms with E-state index >= 15 is 0 Å². The maximum atomic E-state index is 12.9. The zero-order chi connectivity index (χ0) is 54.3. The van der Waals surface area contributed by atoms with Crippen LogP contribution >= 0.6 is 0 Å². The van der Waals surface area contributed by atoms with Crippen LogP contribution < -0.4 is 0 Å². The molecule has 0 saturated heterocycles. The van der Waals surface area contributed by atoms with Gasteiger partial charge in [-0.25, -0.2) is 0 Å². The Bertz CT molecular complexity index is 1390. The fourth-order valence-electron chi connectivity index (χ4n) is 9.36. The van der Waals surface area contributed by atoms with E-state index in [-0.39, 0.29) is 31.1 Å². The van der Waals surface area contributed by atoms with E-state index in [1.54, 1.807) is 0 Å². The van der Waals surface area contributed by atoms with Gasteiger partial charge in [-0.05, 0) is 83.5 Å². The zero-order valence-electron chi connectivity index (χ0n) is 49.8. The third-order valence-corrected chi connectivity index (χ3v) is 14.2. The largest absolute Gasteiger partial charge is 0.462 e. The smallest absolute Gasteiger partial charge is 0.306 e. The summed E-state index contributed by atoms with van der Waals surface area (Å²) >= 11 is 0. The molecule has 0 aliphatic rings. The lowest BCUT2D eigenvalue weighted by atomic mass is 10.0. The summed E-state index contributed by atoms with van der Waals surface area (Å²) in [5.41, 5.74) is 0. The Kier molecular flexibility index (Phi) is 60.7. The summed E-state index contributed by atoms with van der Waals surface area (Å²) in [5, 5.41) is 0. The van der Waals surface area contributed by atoms with Crippen LogP contribution in [0.3, 0.4) is 0 Å². The first-order chi connectivity index (χ1) is 37.0. The predicted octanol–water partition coefficient (Wildman–Crippen LogP) is 22.1. The van der Waals surface area contributed by atoms with Crippen LogP contribution in [0.1, 0.15) is 329 Å². The van der Waals surface area contributed by atoms with E-state index in [1.165, 1.54) is 180 Å². The Balaban J connectivity index is 4.24. The van der Waals surface area contributed by atoms with Gasteiger partial charge < -0.3 is 14.2 Å². The van der Waals surface area contributed by atoms with E-state index in [1.807, 2.05) is 0 Å². The van der Waals surface area contributed by atoms with Crippen LogP contribution in [0.5, 0.6) is 0 Å². The normalized spacial score (nSPS) is 12.5. The molecule has 1 unspecified atom stereocenters. The fraction of sp³-hybridized carbons (Fsp3) is 0.783. The van der Waals surface area contributed by atoms with Crippen LogP contribution in [0.4, 0.5) is 0 Å². The number of esters is 3. The van der Waals surface area contributed by atoms with Crippen LogP contribution in [0, 0.1) is 0 Å². The third-order valence-electron chi connectivity index (χ3n) is 14.2. The van der Waals surface area contributed by atoms with Gasteiger partial charge in [-0.2, -0.15) is 0 Å². The molecule has 0 aromatic carbocycles. The maximum Gasteiger partial charge on any atom is 0.306 e. The molecule has 0 heterocycles. The number of unbranched alkanes of at least 4 members (excludes halogenated alkanes) is 36. The topological polar surface area (TPSA) is 78.9 Å². The number of allylic oxidation sites excluding steroid dienone is 12. The average Bonchev–Trinajstić information content (AvgIpc) is 3.41. The van der Waals surface area contributed by atoms with Gasteiger partial charge in [-0.15, -0.1) is 0 Å². The third kappa shape index (κ3) is 61.6. The zero-order valence-corrected chi connectivity index (χ0v) is 49.8. The second-order valence-corrected chi connectivity index (χ2v) is 21.6. The minimum Gasteiger partial charge on any atom is -0.462 e. The monoisotopic (exact) mass is 1050 g/mol. The highest BCUT2D eigenvalue weighted by Gasteiger charge is 2.19. The number of rotatable bonds is 59. The Morgan fingerprint density at radius 2 is 0.547 bits per heavy atom. The summed E-state index contributed by atoms with van der Waals surface area (Å²) in [4.78, 5) is 38.2. The van der Waals surface area contributed by atoms with Gasteiger partial charge in [0.2, 0.25) is 0 Å². The molecule has 1 atom stereocenters. The van der Waals surface area contributed by atoms with Crippen molar-refractivity contribution in [2.24, 2.45) is 0 Å². The van der Waals surface area contributed by atoms with E-state index in [2.05, 4.69) is 93.7 Å². The molecular formula is C69H122O6. The molecule has 0 N–H and O–H groups in total. The Morgan fingerprint density at radius 3 is 0.880 bits per heavy atom. The molecule has 434 valence electrons. The van der Waals surface area contributed by atoms with Gasteiger partial charge in [0.05, 0.1) is 0 Å². The van der Waals surface area contributed by atoms with E-state index in [0.717, 1.165) is 109 Å². The molecule has 6 heteroatoms. The Morgan fingerprint density at radius 1 is 0.280 bits per heavy atom. The molecule has 0 saturated carbocycles. The first-order valence-corrected chi connectivity index (χ1v) is 32.4. The Labute approximate surface area is 465 Å². The highest BCUT2D eigenvalue weighted by Crippen LogP contribution is 2.17. The second-order valence-electron chi connectivity index (χ2n) is 21.6. The summed E-state index contributed by atoms with van der Waals surface area (Å²) in [6.07, 6.45) is 82.1. The lowest BCUT2D eigenvalue weighted by molar-refractivity contribution is -0.167. The average molecular weight is 1050 g/mol. The molecule has 0 radical (unpaired) electrons. The maximum absolute atomic E-state index is 12.9. The number of hydrogen-bond acceptors (Lipinski definition) is 6. The van der Waals surface area contributed by atoms with Gasteiger partial charge in [0.1, 0.15) is 13.2 Å². The fourth-order valence-corrected chi connectivity index (χ4v) is 9.36. The SMILES string of the molecule is CC/C=C\C/C=C\C/C=C\C/C=C\C/C=C\CCCCCCCCCC(=O)OC(COC(=O)CCCCCCC/C=C\CCC)COC(=O)CCCCCCCCCCCCCCCCCCCCCCCCCC. The van der Waals surface area contributed by atoms with Gasteiger partial charge in [-0.1, -0.05) is 299 Å². The van der Waals surface area contributed by atoms with Gasteiger partial charge in [-0.3, -0.25) is 14.4 Å². The minimum atomic E-state index is -0.784. The van der Waals surface area contributed by atoms with Gasteiger partial charge in [0.25, 0.3) is 0 Å². The van der Waals surface area contributed by atoms with Gasteiger partial charge in [0.15, 0.2) is 6.10 Å². The number of carbonyl (C=O) groups excluding carboxylic acids is 3. The van der Waals surface area contributed by atoms with E-state index < -0.39 is 6.10 Å². The summed E-state index contributed by atoms with van der Waals surface area (Å²) < 4.78 is 16.9. The minimum absolute atomic E-state index is 0.0798. The number of carbonyl (C=O) groups is 3. The quantitative estimate of drug-likeness (QED) is 0.0261. The van der Waals surface area contributed by atoms with Crippen LogP contribution in [0.2, 0.25) is 0 Å². The molecule has 0 amide bonds. The van der Waals surface area contributed by atoms with Crippen molar-refractivity contribution in [1.29, 1.82) is 0 Å². The summed E-state index contributed by atoms with van der Waals surface area (Å²) in [5.74, 6) is -0.887. The van der Waals surface area contributed by atoms with Crippen molar-refractivity contribution >= 4 is 17.9 Å². The molecule has 0 spiro atoms. The van der Waals surface area contributed by atoms with Crippen molar-refractivity contribution < 1.29 is 28.6 Å². The van der Waals surface area contributed by atoms with Crippen molar-refractivity contribution in [1.82, 2.24) is 0 Å². The van der Waals surface area contributed by atoms with E-state index in [4.69, 9.17) is 14.2 Å². The van der Waals surface area contributed by atoms with Crippen molar-refractivity contribution in [3.05, 3.63) is 72.9 Å². The standard InChI is InChI=1S/C69H122O6/c1-4-7-10-13-16-19-22-24-26-28-30-32-34-36-37-39-41-43-45-47-50-53-56-59-62-68(71)74-65-66(64-73-67(70)61-58-55-52-49-21-18-15-12-9-6-3)75-69(72)63-60-57-54-51-48-46-44-42-40-38-35-33-31-29-27-25-23-20-17-14-11-8-5-2/h8,11-12,15,17,20,25,27,31,33,38,40,66H,4-7,9-10,13-14,16,18-19,21-24,26,28-30,32,34-37,39,41-65H2,1-3H3/b11-8-,15-12-,20-17-,27-25-,33-31-,40-38-. The highest BCUT2D eigenvalue weighted by molar-refractivity contribution is 5.71. The predicted molar refractivity (Wildman–Crippen MR) is 325 cm³/mol. The summed E-state index contributed by atoms with van der Waals surface area (Å²) in [6, 6.07) is 0. The first-order valence-electron chi connectivity index (χ1n) is 32.4. The highest BCUT2D eigenvalue weighted by atomic mass is 16.6. The van der Waals surface area contributed by atoms with E-state index in [9.17, 15) is 14.4 Å². The van der Waals surface area contributed by atoms with E-state index in [0.29, 0.717) is 19.3 Å². The summed E-state index contributed by atoms with van der Waals surface area (Å²) in [7, 11) is 0. The molecule has 75 heavy (non-hydrogen) atoms. The number of ether oxygens (including phenoxy) is 3. The van der Waals surface area contributed by atoms with Crippen molar-refractivity contribution in [2.45, 2.75) is 335 Å². The van der Waals surface area contributed by atoms with Crippen molar-refractivity contribution in [2.75, 3.05) is 13.2 Å². The van der Waals surface area contributed by atoms with Gasteiger partial charge in [0, 0.05) is 19.3 Å². The molecule has 0 aliphatic carbocycles. The molecular weight excluding hydrogens is 925 g/mol. The Hall–Kier alpha value is -3.15. The van der Waals surface area contributed by atoms with Gasteiger partial charge >= 0.3 is 17.9 Å².